The zero-order valence-electron chi connectivity index (χ0n) is 9.75. The molecule has 1 aromatic heterocycles. The number of urea groups is 1. The Kier molecular flexibility index (Phi) is 5.21. The molecule has 1 aromatic rings. The van der Waals surface area contributed by atoms with Gasteiger partial charge < -0.3 is 10.3 Å². The summed E-state index contributed by atoms with van der Waals surface area (Å²) in [5, 5.41) is 3.14. The second-order valence-corrected chi connectivity index (χ2v) is 4.77. The van der Waals surface area contributed by atoms with E-state index >= 15 is 0 Å². The highest BCUT2D eigenvalue weighted by Crippen LogP contribution is 2.18. The molecule has 0 saturated carbocycles. The van der Waals surface area contributed by atoms with Crippen molar-refractivity contribution in [3.63, 3.8) is 0 Å². The minimum absolute atomic E-state index is 0.471. The van der Waals surface area contributed by atoms with Crippen molar-refractivity contribution in [1.82, 2.24) is 20.6 Å². The molecule has 0 bridgehead atoms. The number of carbonyl (C=O) groups is 2. The molecule has 3 N–H and O–H groups in total. The van der Waals surface area contributed by atoms with Crippen LogP contribution in [0, 0.1) is 0 Å². The van der Waals surface area contributed by atoms with Crippen molar-refractivity contribution >= 4 is 23.7 Å². The number of nitrogens with zero attached hydrogens (tertiary/aromatic N) is 1. The van der Waals surface area contributed by atoms with E-state index in [4.69, 9.17) is 0 Å². The summed E-state index contributed by atoms with van der Waals surface area (Å²) in [5.74, 6) is -0.707. The highest BCUT2D eigenvalue weighted by molar-refractivity contribution is 8.00. The maximum absolute atomic E-state index is 11.8. The van der Waals surface area contributed by atoms with E-state index in [9.17, 15) is 22.8 Å². The quantitative estimate of drug-likeness (QED) is 0.730. The first-order valence-electron chi connectivity index (χ1n) is 5.09. The number of amides is 3. The molecule has 0 aliphatic heterocycles. The number of hydrogen-bond donors (Lipinski definition) is 3. The fraction of sp³-hybridized carbons (Fsp3) is 0.444. The number of aromatic amines is 1. The number of imidazole rings is 1. The summed E-state index contributed by atoms with van der Waals surface area (Å²) in [5.41, 5.74) is 0. The van der Waals surface area contributed by atoms with Gasteiger partial charge in [0.1, 0.15) is 6.54 Å². The Hall–Kier alpha value is -1.71. The van der Waals surface area contributed by atoms with E-state index in [-0.39, 0.29) is 0 Å². The van der Waals surface area contributed by atoms with E-state index < -0.39 is 29.9 Å². The fourth-order valence-electron chi connectivity index (χ4n) is 0.974. The highest BCUT2D eigenvalue weighted by atomic mass is 32.2. The molecule has 0 unspecified atom stereocenters. The third-order valence-corrected chi connectivity index (χ3v) is 2.83. The molecule has 0 radical (unpaired) electrons. The summed E-state index contributed by atoms with van der Waals surface area (Å²) in [4.78, 5) is 29.1. The lowest BCUT2D eigenvalue weighted by molar-refractivity contribution is -0.124. The van der Waals surface area contributed by atoms with Gasteiger partial charge in [-0.25, -0.2) is 9.78 Å². The number of rotatable bonds is 4. The van der Waals surface area contributed by atoms with Crippen LogP contribution < -0.4 is 10.6 Å². The number of imide groups is 1. The van der Waals surface area contributed by atoms with Gasteiger partial charge in [-0.2, -0.15) is 13.2 Å². The molecule has 106 valence electrons. The molecular formula is C9H11F3N4O2S. The molecule has 10 heteroatoms. The fourth-order valence-corrected chi connectivity index (χ4v) is 1.73. The van der Waals surface area contributed by atoms with Gasteiger partial charge in [0, 0.05) is 12.4 Å². The Morgan fingerprint density at radius 1 is 1.53 bits per heavy atom. The smallest absolute Gasteiger partial charge is 0.340 e. The second kappa shape index (κ2) is 6.45. The molecule has 0 spiro atoms. The SMILES string of the molecule is C[C@H](Sc1ncc[nH]1)C(=O)NC(=O)NCC(F)(F)F. The standard InChI is InChI=1S/C9H11F3N4O2S/c1-5(19-8-13-2-3-14-8)6(17)16-7(18)15-4-9(10,11)12/h2-3,5H,4H2,1H3,(H,13,14)(H2,15,16,17,18)/t5-/m0/s1. The number of carbonyl (C=O) groups excluding carboxylic acids is 2. The predicted octanol–water partition coefficient (Wildman–Crippen LogP) is 1.28. The van der Waals surface area contributed by atoms with Crippen molar-refractivity contribution in [2.24, 2.45) is 0 Å². The largest absolute Gasteiger partial charge is 0.405 e. The zero-order valence-corrected chi connectivity index (χ0v) is 10.6. The van der Waals surface area contributed by atoms with Crippen LogP contribution in [-0.2, 0) is 4.79 Å². The second-order valence-electron chi connectivity index (χ2n) is 3.44. The van der Waals surface area contributed by atoms with Crippen molar-refractivity contribution in [2.75, 3.05) is 6.54 Å². The van der Waals surface area contributed by atoms with Gasteiger partial charge in [0.2, 0.25) is 5.91 Å². The molecule has 0 aromatic carbocycles. The zero-order chi connectivity index (χ0) is 14.5. The molecule has 0 fully saturated rings. The van der Waals surface area contributed by atoms with E-state index in [0.717, 1.165) is 11.8 Å². The van der Waals surface area contributed by atoms with Crippen LogP contribution in [0.4, 0.5) is 18.0 Å². The third kappa shape index (κ3) is 6.13. The van der Waals surface area contributed by atoms with E-state index in [2.05, 4.69) is 9.97 Å². The number of nitrogens with one attached hydrogen (secondary N) is 3. The Morgan fingerprint density at radius 2 is 2.21 bits per heavy atom. The van der Waals surface area contributed by atoms with Gasteiger partial charge in [-0.15, -0.1) is 0 Å². The maximum Gasteiger partial charge on any atom is 0.405 e. The molecule has 0 saturated heterocycles. The molecule has 0 aliphatic rings. The lowest BCUT2D eigenvalue weighted by Crippen LogP contribution is -2.45. The molecular weight excluding hydrogens is 285 g/mol. The van der Waals surface area contributed by atoms with Crippen molar-refractivity contribution in [2.45, 2.75) is 23.5 Å². The van der Waals surface area contributed by atoms with Crippen LogP contribution in [0.1, 0.15) is 6.92 Å². The Bertz CT molecular complexity index is 435. The van der Waals surface area contributed by atoms with Crippen LogP contribution in [0.15, 0.2) is 17.6 Å². The minimum atomic E-state index is -4.52. The summed E-state index contributed by atoms with van der Waals surface area (Å²) in [7, 11) is 0. The number of aromatic nitrogens is 2. The number of halogens is 3. The number of thioether (sulfide) groups is 1. The Morgan fingerprint density at radius 3 is 2.74 bits per heavy atom. The van der Waals surface area contributed by atoms with Gasteiger partial charge in [0.05, 0.1) is 5.25 Å². The summed E-state index contributed by atoms with van der Waals surface area (Å²) >= 11 is 1.04. The van der Waals surface area contributed by atoms with Gasteiger partial charge in [-0.3, -0.25) is 10.1 Å². The van der Waals surface area contributed by atoms with Crippen LogP contribution in [0.2, 0.25) is 0 Å². The van der Waals surface area contributed by atoms with Gasteiger partial charge in [0.25, 0.3) is 0 Å². The first-order valence-corrected chi connectivity index (χ1v) is 5.97. The normalized spacial score (nSPS) is 12.8. The van der Waals surface area contributed by atoms with Crippen LogP contribution in [-0.4, -0.2) is 39.9 Å². The van der Waals surface area contributed by atoms with Crippen LogP contribution >= 0.6 is 11.8 Å². The third-order valence-electron chi connectivity index (χ3n) is 1.82. The number of H-pyrrole nitrogens is 1. The molecule has 6 nitrogen and oxygen atoms in total. The molecule has 1 atom stereocenters. The lowest BCUT2D eigenvalue weighted by Gasteiger charge is -2.11. The van der Waals surface area contributed by atoms with Crippen molar-refractivity contribution in [3.8, 4) is 0 Å². The maximum atomic E-state index is 11.8. The van der Waals surface area contributed by atoms with Crippen molar-refractivity contribution in [3.05, 3.63) is 12.4 Å². The summed E-state index contributed by atoms with van der Waals surface area (Å²) < 4.78 is 35.5. The van der Waals surface area contributed by atoms with E-state index in [1.165, 1.54) is 18.4 Å². The Labute approximate surface area is 110 Å². The molecule has 1 rings (SSSR count). The number of alkyl halides is 3. The van der Waals surface area contributed by atoms with E-state index in [1.54, 1.807) is 6.20 Å². The van der Waals surface area contributed by atoms with Crippen LogP contribution in [0.5, 0.6) is 0 Å². The van der Waals surface area contributed by atoms with E-state index in [1.807, 2.05) is 5.32 Å². The van der Waals surface area contributed by atoms with Gasteiger partial charge >= 0.3 is 12.2 Å². The summed E-state index contributed by atoms with van der Waals surface area (Å²) in [6, 6.07) is -1.19. The average molecular weight is 296 g/mol. The van der Waals surface area contributed by atoms with Gasteiger partial charge in [-0.1, -0.05) is 11.8 Å². The minimum Gasteiger partial charge on any atom is -0.340 e. The highest BCUT2D eigenvalue weighted by Gasteiger charge is 2.28. The number of hydrogen-bond acceptors (Lipinski definition) is 4. The Balaban J connectivity index is 2.35. The average Bonchev–Trinajstić information content (AvgIpc) is 2.78. The molecule has 3 amide bonds. The lowest BCUT2D eigenvalue weighted by atomic mass is 10.4. The summed E-state index contributed by atoms with van der Waals surface area (Å²) in [6.45, 7) is 0.00534. The van der Waals surface area contributed by atoms with Crippen LogP contribution in [0.3, 0.4) is 0 Å². The topological polar surface area (TPSA) is 86.9 Å². The predicted molar refractivity (Wildman–Crippen MR) is 61.5 cm³/mol. The van der Waals surface area contributed by atoms with E-state index in [0.29, 0.717) is 5.16 Å². The molecule has 1 heterocycles. The van der Waals surface area contributed by atoms with Crippen molar-refractivity contribution < 1.29 is 22.8 Å². The van der Waals surface area contributed by atoms with Crippen LogP contribution in [0.25, 0.3) is 0 Å². The first kappa shape index (κ1) is 15.3. The summed E-state index contributed by atoms with van der Waals surface area (Å²) in [6.07, 6.45) is -1.47. The first-order chi connectivity index (χ1) is 8.78. The monoisotopic (exact) mass is 296 g/mol. The molecule has 19 heavy (non-hydrogen) atoms. The molecule has 0 aliphatic carbocycles. The van der Waals surface area contributed by atoms with Gasteiger partial charge in [0.15, 0.2) is 5.16 Å². The van der Waals surface area contributed by atoms with Gasteiger partial charge in [-0.05, 0) is 6.92 Å². The van der Waals surface area contributed by atoms with Crippen molar-refractivity contribution in [1.29, 1.82) is 0 Å².